The Morgan fingerprint density at radius 1 is 1.64 bits per heavy atom. The van der Waals surface area contributed by atoms with Crippen molar-refractivity contribution in [3.8, 4) is 0 Å². The molecular weight excluding hydrogens is 144 g/mol. The minimum absolute atomic E-state index is 0.291. The van der Waals surface area contributed by atoms with Gasteiger partial charge in [-0.3, -0.25) is 14.6 Å². The van der Waals surface area contributed by atoms with Crippen LogP contribution in [0.4, 0.5) is 0 Å². The SMILES string of the molecule is O=CNOCc1ccccn1. The molecule has 1 N–H and O–H groups in total. The third-order valence-electron chi connectivity index (χ3n) is 1.08. The number of hydrogen-bond donors (Lipinski definition) is 1. The lowest BCUT2D eigenvalue weighted by Gasteiger charge is -1.98. The summed E-state index contributed by atoms with van der Waals surface area (Å²) in [7, 11) is 0. The first-order valence-corrected chi connectivity index (χ1v) is 3.14. The van der Waals surface area contributed by atoms with E-state index < -0.39 is 0 Å². The fourth-order valence-corrected chi connectivity index (χ4v) is 0.633. The first-order chi connectivity index (χ1) is 5.43. The van der Waals surface area contributed by atoms with Crippen molar-refractivity contribution in [3.05, 3.63) is 30.1 Å². The van der Waals surface area contributed by atoms with Gasteiger partial charge in [0.25, 0.3) is 0 Å². The predicted molar refractivity (Wildman–Crippen MR) is 38.2 cm³/mol. The van der Waals surface area contributed by atoms with Crippen molar-refractivity contribution in [2.24, 2.45) is 0 Å². The number of nitrogens with zero attached hydrogens (tertiary/aromatic N) is 1. The zero-order valence-corrected chi connectivity index (χ0v) is 5.86. The Hall–Kier alpha value is -1.42. The van der Waals surface area contributed by atoms with Crippen molar-refractivity contribution in [1.82, 2.24) is 10.5 Å². The van der Waals surface area contributed by atoms with Gasteiger partial charge in [0.2, 0.25) is 6.41 Å². The van der Waals surface area contributed by atoms with Gasteiger partial charge in [0.15, 0.2) is 0 Å². The van der Waals surface area contributed by atoms with E-state index in [9.17, 15) is 4.79 Å². The molecule has 1 heterocycles. The summed E-state index contributed by atoms with van der Waals surface area (Å²) in [6.07, 6.45) is 2.14. The van der Waals surface area contributed by atoms with Crippen molar-refractivity contribution in [3.63, 3.8) is 0 Å². The zero-order valence-electron chi connectivity index (χ0n) is 5.86. The van der Waals surface area contributed by atoms with E-state index in [4.69, 9.17) is 0 Å². The molecule has 0 saturated carbocycles. The lowest BCUT2D eigenvalue weighted by Crippen LogP contribution is -2.11. The molecule has 0 aliphatic rings. The molecule has 0 saturated heterocycles. The molecule has 0 radical (unpaired) electrons. The van der Waals surface area contributed by atoms with Gasteiger partial charge in [-0.25, -0.2) is 5.48 Å². The normalized spacial score (nSPS) is 9.09. The Labute approximate surface area is 64.2 Å². The van der Waals surface area contributed by atoms with E-state index in [-0.39, 0.29) is 0 Å². The van der Waals surface area contributed by atoms with Crippen LogP contribution in [-0.4, -0.2) is 11.4 Å². The van der Waals surface area contributed by atoms with Crippen LogP contribution in [0.25, 0.3) is 0 Å². The molecule has 58 valence electrons. The molecule has 0 aromatic carbocycles. The van der Waals surface area contributed by atoms with Crippen LogP contribution in [0.5, 0.6) is 0 Å². The molecule has 11 heavy (non-hydrogen) atoms. The molecular formula is C7H8N2O2. The molecule has 0 bridgehead atoms. The van der Waals surface area contributed by atoms with Crippen LogP contribution in [0.15, 0.2) is 24.4 Å². The largest absolute Gasteiger partial charge is 0.277 e. The number of amides is 1. The van der Waals surface area contributed by atoms with Gasteiger partial charge in [0.1, 0.15) is 6.61 Å². The summed E-state index contributed by atoms with van der Waals surface area (Å²) >= 11 is 0. The molecule has 0 aliphatic carbocycles. The highest BCUT2D eigenvalue weighted by molar-refractivity contribution is 5.43. The highest BCUT2D eigenvalue weighted by Crippen LogP contribution is 1.93. The Balaban J connectivity index is 2.33. The Morgan fingerprint density at radius 2 is 2.55 bits per heavy atom. The second kappa shape index (κ2) is 4.40. The quantitative estimate of drug-likeness (QED) is 0.382. The highest BCUT2D eigenvalue weighted by atomic mass is 16.6. The van der Waals surface area contributed by atoms with E-state index >= 15 is 0 Å². The summed E-state index contributed by atoms with van der Waals surface area (Å²) in [6, 6.07) is 5.48. The van der Waals surface area contributed by atoms with Crippen molar-refractivity contribution in [1.29, 1.82) is 0 Å². The summed E-state index contributed by atoms with van der Waals surface area (Å²) in [4.78, 5) is 18.4. The number of aromatic nitrogens is 1. The molecule has 0 unspecified atom stereocenters. The molecule has 0 fully saturated rings. The molecule has 1 aromatic rings. The van der Waals surface area contributed by atoms with E-state index in [2.05, 4.69) is 15.3 Å². The minimum Gasteiger partial charge on any atom is -0.277 e. The fraction of sp³-hybridized carbons (Fsp3) is 0.143. The number of hydroxylamine groups is 1. The lowest BCUT2D eigenvalue weighted by molar-refractivity contribution is -0.121. The zero-order chi connectivity index (χ0) is 7.94. The number of nitrogens with one attached hydrogen (secondary N) is 1. The van der Waals surface area contributed by atoms with Crippen LogP contribution >= 0.6 is 0 Å². The highest BCUT2D eigenvalue weighted by Gasteiger charge is 1.89. The van der Waals surface area contributed by atoms with Crippen LogP contribution in [0.3, 0.4) is 0 Å². The fourth-order valence-electron chi connectivity index (χ4n) is 0.633. The standard InChI is InChI=1S/C7H8N2O2/c10-6-9-11-5-7-3-1-2-4-8-7/h1-4,6H,5H2,(H,9,10). The van der Waals surface area contributed by atoms with Gasteiger partial charge in [-0.05, 0) is 12.1 Å². The van der Waals surface area contributed by atoms with Gasteiger partial charge in [-0.15, -0.1) is 0 Å². The maximum Gasteiger partial charge on any atom is 0.230 e. The average molecular weight is 152 g/mol. The van der Waals surface area contributed by atoms with Crippen LogP contribution < -0.4 is 5.48 Å². The molecule has 1 aromatic heterocycles. The van der Waals surface area contributed by atoms with Crippen molar-refractivity contribution >= 4 is 6.41 Å². The molecule has 1 amide bonds. The van der Waals surface area contributed by atoms with Gasteiger partial charge in [0, 0.05) is 6.20 Å². The van der Waals surface area contributed by atoms with E-state index in [0.717, 1.165) is 5.69 Å². The Morgan fingerprint density at radius 3 is 3.18 bits per heavy atom. The summed E-state index contributed by atoms with van der Waals surface area (Å²) in [5.41, 5.74) is 2.86. The molecule has 0 atom stereocenters. The second-order valence-electron chi connectivity index (χ2n) is 1.85. The van der Waals surface area contributed by atoms with E-state index in [1.807, 2.05) is 18.2 Å². The van der Waals surface area contributed by atoms with E-state index in [1.165, 1.54) is 0 Å². The Bertz CT molecular complexity index is 213. The van der Waals surface area contributed by atoms with Crippen LogP contribution in [0, 0.1) is 0 Å². The van der Waals surface area contributed by atoms with Crippen LogP contribution in [-0.2, 0) is 16.2 Å². The van der Waals surface area contributed by atoms with Gasteiger partial charge < -0.3 is 0 Å². The van der Waals surface area contributed by atoms with E-state index in [0.29, 0.717) is 13.0 Å². The van der Waals surface area contributed by atoms with Gasteiger partial charge in [-0.1, -0.05) is 6.07 Å². The predicted octanol–water partition coefficient (Wildman–Crippen LogP) is 0.259. The average Bonchev–Trinajstić information content (AvgIpc) is 2.07. The van der Waals surface area contributed by atoms with Crippen LogP contribution in [0.1, 0.15) is 5.69 Å². The third-order valence-corrected chi connectivity index (χ3v) is 1.08. The topological polar surface area (TPSA) is 51.2 Å². The van der Waals surface area contributed by atoms with Crippen molar-refractivity contribution in [2.75, 3.05) is 0 Å². The summed E-state index contributed by atoms with van der Waals surface area (Å²) < 4.78 is 0. The number of carbonyl (C=O) groups excluding carboxylic acids is 1. The van der Waals surface area contributed by atoms with Gasteiger partial charge in [0.05, 0.1) is 5.69 Å². The number of rotatable bonds is 4. The first kappa shape index (κ1) is 7.68. The molecule has 4 heteroatoms. The van der Waals surface area contributed by atoms with Crippen molar-refractivity contribution < 1.29 is 9.63 Å². The van der Waals surface area contributed by atoms with Crippen LogP contribution in [0.2, 0.25) is 0 Å². The number of hydrogen-bond acceptors (Lipinski definition) is 3. The minimum atomic E-state index is 0.291. The van der Waals surface area contributed by atoms with Crippen molar-refractivity contribution in [2.45, 2.75) is 6.61 Å². The first-order valence-electron chi connectivity index (χ1n) is 3.14. The molecule has 4 nitrogen and oxygen atoms in total. The monoisotopic (exact) mass is 152 g/mol. The van der Waals surface area contributed by atoms with E-state index in [1.54, 1.807) is 6.20 Å². The lowest BCUT2D eigenvalue weighted by atomic mass is 10.4. The summed E-state index contributed by atoms with van der Waals surface area (Å²) in [5.74, 6) is 0. The molecule has 0 aliphatic heterocycles. The number of pyridine rings is 1. The second-order valence-corrected chi connectivity index (χ2v) is 1.85. The number of carbonyl (C=O) groups is 1. The van der Waals surface area contributed by atoms with Gasteiger partial charge in [-0.2, -0.15) is 0 Å². The maximum absolute atomic E-state index is 9.74. The Kier molecular flexibility index (Phi) is 3.08. The smallest absolute Gasteiger partial charge is 0.230 e. The summed E-state index contributed by atoms with van der Waals surface area (Å²) in [6.45, 7) is 0.291. The molecule has 0 spiro atoms. The maximum atomic E-state index is 9.74. The third kappa shape index (κ3) is 2.77. The van der Waals surface area contributed by atoms with Gasteiger partial charge >= 0.3 is 0 Å². The molecule has 1 rings (SSSR count). The summed E-state index contributed by atoms with van der Waals surface area (Å²) in [5, 5.41) is 0.